The van der Waals surface area contributed by atoms with Crippen LogP contribution in [0.15, 0.2) is 30.5 Å². The minimum absolute atomic E-state index is 0.229. The van der Waals surface area contributed by atoms with E-state index in [1.807, 2.05) is 51.1 Å². The first-order valence-electron chi connectivity index (χ1n) is 5.47. The Labute approximate surface area is 107 Å². The number of nitrogens with zero attached hydrogens (tertiary/aromatic N) is 1. The highest BCUT2D eigenvalue weighted by Gasteiger charge is 2.43. The molecule has 17 heavy (non-hydrogen) atoms. The highest BCUT2D eigenvalue weighted by molar-refractivity contribution is 7.80. The van der Waals surface area contributed by atoms with E-state index in [4.69, 9.17) is 4.74 Å². The van der Waals surface area contributed by atoms with Crippen molar-refractivity contribution in [2.45, 2.75) is 26.4 Å². The van der Waals surface area contributed by atoms with Crippen molar-refractivity contribution in [1.29, 1.82) is 0 Å². The van der Waals surface area contributed by atoms with Gasteiger partial charge in [-0.1, -0.05) is 12.1 Å². The number of quaternary nitrogens is 1. The fraction of sp³-hybridized carbons (Fsp3) is 0.308. The molecule has 0 N–H and O–H groups in total. The molecule has 0 saturated carbocycles. The molecule has 3 nitrogen and oxygen atoms in total. The quantitative estimate of drug-likeness (QED) is 0.560. The zero-order valence-corrected chi connectivity index (χ0v) is 11.1. The third-order valence-corrected chi connectivity index (χ3v) is 2.96. The van der Waals surface area contributed by atoms with Gasteiger partial charge in [-0.3, -0.25) is 0 Å². The Morgan fingerprint density at radius 1 is 1.29 bits per heavy atom. The Kier molecular flexibility index (Phi) is 2.79. The number of rotatable bonds is 0. The molecule has 0 bridgehead atoms. The fourth-order valence-electron chi connectivity index (χ4n) is 1.70. The van der Waals surface area contributed by atoms with E-state index in [9.17, 15) is 4.79 Å². The molecule has 1 aliphatic heterocycles. The number of hydrogen-bond donors (Lipinski definition) is 1. The maximum absolute atomic E-state index is 12.2. The Bertz CT molecular complexity index is 490. The lowest BCUT2D eigenvalue weighted by atomic mass is 10.2. The third-order valence-electron chi connectivity index (χ3n) is 2.45. The zero-order valence-electron chi connectivity index (χ0n) is 10.2. The Morgan fingerprint density at radius 2 is 1.94 bits per heavy atom. The number of thiol groups is 1. The van der Waals surface area contributed by atoms with Crippen LogP contribution in [0.4, 0.5) is 10.5 Å². The van der Waals surface area contributed by atoms with E-state index in [2.05, 4.69) is 12.8 Å². The predicted octanol–water partition coefficient (Wildman–Crippen LogP) is 3.76. The van der Waals surface area contributed by atoms with E-state index in [-0.39, 0.29) is 9.98 Å². The van der Waals surface area contributed by atoms with Crippen LogP contribution in [0, 0.1) is 0 Å². The third kappa shape index (κ3) is 2.23. The summed E-state index contributed by atoms with van der Waals surface area (Å²) < 4.78 is 5.16. The fourth-order valence-corrected chi connectivity index (χ4v) is 1.99. The summed E-state index contributed by atoms with van der Waals surface area (Å²) in [6.07, 6.45) is 3.22. The first kappa shape index (κ1) is 12.2. The molecule has 1 aliphatic rings. The molecule has 1 heterocycles. The number of amides is 1. The van der Waals surface area contributed by atoms with Crippen LogP contribution in [0.25, 0.3) is 6.08 Å². The summed E-state index contributed by atoms with van der Waals surface area (Å²) in [7, 11) is 0. The van der Waals surface area contributed by atoms with E-state index < -0.39 is 5.60 Å². The van der Waals surface area contributed by atoms with E-state index in [0.29, 0.717) is 0 Å². The summed E-state index contributed by atoms with van der Waals surface area (Å²) >= 11 is 4.44. The molecule has 2 rings (SSSR count). The first-order valence-corrected chi connectivity index (χ1v) is 5.87. The minimum Gasteiger partial charge on any atom is -0.413 e. The highest BCUT2D eigenvalue weighted by Crippen LogP contribution is 2.38. The summed E-state index contributed by atoms with van der Waals surface area (Å²) in [4.78, 5) is 12.2. The van der Waals surface area contributed by atoms with Crippen LogP contribution in [0.3, 0.4) is 0 Å². The highest BCUT2D eigenvalue weighted by atomic mass is 32.1. The molecule has 1 aromatic carbocycles. The zero-order chi connectivity index (χ0) is 12.7. The van der Waals surface area contributed by atoms with Gasteiger partial charge in [0.1, 0.15) is 11.8 Å². The molecule has 1 amide bonds. The number of para-hydroxylation sites is 1. The Morgan fingerprint density at radius 3 is 2.59 bits per heavy atom. The molecule has 0 saturated heterocycles. The van der Waals surface area contributed by atoms with Crippen LogP contribution >= 0.6 is 12.8 Å². The van der Waals surface area contributed by atoms with E-state index in [1.54, 1.807) is 6.20 Å². The number of fused-ring (bicyclic) bond motifs is 1. The first-order chi connectivity index (χ1) is 7.83. The number of ether oxygens (including phenoxy) is 1. The van der Waals surface area contributed by atoms with Crippen molar-refractivity contribution in [3.63, 3.8) is 0 Å². The molecule has 0 unspecified atom stereocenters. The Hall–Kier alpha value is -1.26. The normalized spacial score (nSPS) is 22.4. The largest absolute Gasteiger partial charge is 0.538 e. The second-order valence-electron chi connectivity index (χ2n) is 5.04. The number of carbonyl (C=O) groups excluding carboxylic acids is 1. The molecule has 0 radical (unpaired) electrons. The van der Waals surface area contributed by atoms with Gasteiger partial charge in [0.05, 0.1) is 12.8 Å². The SMILES string of the molecule is CC(C)(C)OC(=O)[N@+]1(S)C=Cc2ccccc21. The average molecular weight is 250 g/mol. The molecular formula is C13H16NO2S+. The molecule has 90 valence electrons. The number of carbonyl (C=O) groups is 1. The van der Waals surface area contributed by atoms with Gasteiger partial charge in [-0.2, -0.15) is 4.79 Å². The average Bonchev–Trinajstić information content (AvgIpc) is 2.56. The van der Waals surface area contributed by atoms with Crippen LogP contribution in [-0.2, 0) is 4.74 Å². The van der Waals surface area contributed by atoms with Crippen molar-refractivity contribution >= 4 is 30.7 Å². The van der Waals surface area contributed by atoms with Crippen LogP contribution in [0.2, 0.25) is 0 Å². The van der Waals surface area contributed by atoms with Crippen molar-refractivity contribution in [2.24, 2.45) is 0 Å². The summed E-state index contributed by atoms with van der Waals surface area (Å²) in [5, 5.41) is 0. The number of hydrogen-bond acceptors (Lipinski definition) is 3. The van der Waals surface area contributed by atoms with Gasteiger partial charge < -0.3 is 4.74 Å². The van der Waals surface area contributed by atoms with Gasteiger partial charge >= 0.3 is 6.09 Å². The number of benzene rings is 1. The minimum atomic E-state index is -0.517. The van der Waals surface area contributed by atoms with Crippen molar-refractivity contribution in [3.05, 3.63) is 36.0 Å². The van der Waals surface area contributed by atoms with Gasteiger partial charge in [0.2, 0.25) is 0 Å². The lowest BCUT2D eigenvalue weighted by Crippen LogP contribution is -2.42. The smallest absolute Gasteiger partial charge is 0.413 e. The standard InChI is InChI=1S/C13H16NO2S/c1-13(2,3)16-12(15)14(17)9-8-10-6-4-5-7-11(10)14/h4-9,17H,1-3H3/q+1/t14-/m0/s1. The maximum atomic E-state index is 12.2. The van der Waals surface area contributed by atoms with Crippen LogP contribution < -0.4 is 3.89 Å². The van der Waals surface area contributed by atoms with Crippen LogP contribution in [0.5, 0.6) is 0 Å². The van der Waals surface area contributed by atoms with Gasteiger partial charge in [0.25, 0.3) is 0 Å². The topological polar surface area (TPSA) is 26.3 Å². The molecule has 0 aromatic heterocycles. The van der Waals surface area contributed by atoms with Gasteiger partial charge in [-0.15, -0.1) is 3.89 Å². The second kappa shape index (κ2) is 3.89. The summed E-state index contributed by atoms with van der Waals surface area (Å²) in [5.41, 5.74) is 1.30. The lowest BCUT2D eigenvalue weighted by Gasteiger charge is -2.25. The maximum Gasteiger partial charge on any atom is 0.538 e. The molecule has 1 atom stereocenters. The second-order valence-corrected chi connectivity index (χ2v) is 5.67. The Balaban J connectivity index is 2.34. The van der Waals surface area contributed by atoms with Crippen molar-refractivity contribution < 1.29 is 9.53 Å². The lowest BCUT2D eigenvalue weighted by molar-refractivity contribution is 0.0463. The van der Waals surface area contributed by atoms with Gasteiger partial charge in [0, 0.05) is 17.7 Å². The summed E-state index contributed by atoms with van der Waals surface area (Å²) in [6.45, 7) is 5.53. The molecule has 1 aromatic rings. The van der Waals surface area contributed by atoms with E-state index in [0.717, 1.165) is 11.3 Å². The van der Waals surface area contributed by atoms with Gasteiger partial charge in [-0.05, 0) is 26.8 Å². The van der Waals surface area contributed by atoms with Crippen molar-refractivity contribution in [1.82, 2.24) is 3.89 Å². The predicted molar refractivity (Wildman–Crippen MR) is 72.5 cm³/mol. The molecule has 0 spiro atoms. The molecule has 4 heteroatoms. The van der Waals surface area contributed by atoms with Crippen molar-refractivity contribution in [3.8, 4) is 0 Å². The molecular weight excluding hydrogens is 234 g/mol. The monoisotopic (exact) mass is 250 g/mol. The van der Waals surface area contributed by atoms with Gasteiger partial charge in [-0.25, -0.2) is 0 Å². The molecule has 0 aliphatic carbocycles. The van der Waals surface area contributed by atoms with Gasteiger partial charge in [0.15, 0.2) is 5.69 Å². The summed E-state index contributed by atoms with van der Waals surface area (Å²) in [6, 6.07) is 7.65. The van der Waals surface area contributed by atoms with E-state index in [1.165, 1.54) is 0 Å². The van der Waals surface area contributed by atoms with Crippen molar-refractivity contribution in [2.75, 3.05) is 0 Å². The van der Waals surface area contributed by atoms with Crippen LogP contribution in [0.1, 0.15) is 26.3 Å². The van der Waals surface area contributed by atoms with E-state index >= 15 is 0 Å². The molecule has 0 fully saturated rings. The van der Waals surface area contributed by atoms with Crippen LogP contribution in [-0.4, -0.2) is 11.7 Å². The summed E-state index contributed by atoms with van der Waals surface area (Å²) in [5.74, 6) is 0.